The Kier molecular flexibility index (Phi) is 5.12. The van der Waals surface area contributed by atoms with Gasteiger partial charge in [-0.25, -0.2) is 4.79 Å². The number of fused-ring (bicyclic) bond motifs is 1. The van der Waals surface area contributed by atoms with E-state index in [0.717, 1.165) is 5.56 Å². The summed E-state index contributed by atoms with van der Waals surface area (Å²) >= 11 is 0. The highest BCUT2D eigenvalue weighted by molar-refractivity contribution is 6.01. The van der Waals surface area contributed by atoms with Gasteiger partial charge in [0, 0.05) is 17.7 Å². The largest absolute Gasteiger partial charge is 0.493 e. The van der Waals surface area contributed by atoms with Crippen LogP contribution in [0.1, 0.15) is 0 Å². The Morgan fingerprint density at radius 2 is 1.37 bits per heavy atom. The Bertz CT molecular complexity index is 1040. The normalized spacial score (nSPS) is 10.6. The SMILES string of the molecule is COc1ccc(-c2cc(=O)oc3cc(OC)c(OC)c(OC)c23)cc1OC. The highest BCUT2D eigenvalue weighted by atomic mass is 16.5. The summed E-state index contributed by atoms with van der Waals surface area (Å²) in [6.45, 7) is 0. The van der Waals surface area contributed by atoms with Gasteiger partial charge < -0.3 is 28.1 Å². The van der Waals surface area contributed by atoms with Gasteiger partial charge >= 0.3 is 5.63 Å². The molecule has 0 N–H and O–H groups in total. The molecular weight excluding hydrogens is 352 g/mol. The number of ether oxygens (including phenoxy) is 5. The van der Waals surface area contributed by atoms with Crippen LogP contribution in [-0.4, -0.2) is 35.5 Å². The van der Waals surface area contributed by atoms with Crippen LogP contribution in [0.25, 0.3) is 22.1 Å². The van der Waals surface area contributed by atoms with Gasteiger partial charge in [0.05, 0.1) is 40.9 Å². The highest BCUT2D eigenvalue weighted by Crippen LogP contribution is 2.46. The van der Waals surface area contributed by atoms with Crippen LogP contribution >= 0.6 is 0 Å². The van der Waals surface area contributed by atoms with E-state index in [2.05, 4.69) is 0 Å². The van der Waals surface area contributed by atoms with Crippen molar-refractivity contribution in [3.8, 4) is 39.9 Å². The molecule has 142 valence electrons. The summed E-state index contributed by atoms with van der Waals surface area (Å²) in [4.78, 5) is 12.2. The molecule has 0 spiro atoms. The highest BCUT2D eigenvalue weighted by Gasteiger charge is 2.22. The van der Waals surface area contributed by atoms with Gasteiger partial charge in [0.25, 0.3) is 0 Å². The van der Waals surface area contributed by atoms with E-state index in [0.29, 0.717) is 45.3 Å². The van der Waals surface area contributed by atoms with Gasteiger partial charge in [0.2, 0.25) is 5.75 Å². The van der Waals surface area contributed by atoms with E-state index in [1.165, 1.54) is 27.4 Å². The molecule has 1 heterocycles. The van der Waals surface area contributed by atoms with Crippen LogP contribution in [0.2, 0.25) is 0 Å². The Labute approximate surface area is 156 Å². The maximum atomic E-state index is 12.2. The molecule has 7 heteroatoms. The van der Waals surface area contributed by atoms with E-state index in [-0.39, 0.29) is 0 Å². The van der Waals surface area contributed by atoms with Crippen LogP contribution in [0.5, 0.6) is 28.7 Å². The summed E-state index contributed by atoms with van der Waals surface area (Å²) < 4.78 is 32.4. The molecule has 0 saturated carbocycles. The molecule has 27 heavy (non-hydrogen) atoms. The van der Waals surface area contributed by atoms with Gasteiger partial charge in [-0.1, -0.05) is 6.07 Å². The molecule has 0 fully saturated rings. The van der Waals surface area contributed by atoms with Crippen molar-refractivity contribution in [1.82, 2.24) is 0 Å². The van der Waals surface area contributed by atoms with E-state index in [4.69, 9.17) is 28.1 Å². The van der Waals surface area contributed by atoms with Gasteiger partial charge in [0.1, 0.15) is 5.58 Å². The fraction of sp³-hybridized carbons (Fsp3) is 0.250. The average Bonchev–Trinajstić information content (AvgIpc) is 2.70. The lowest BCUT2D eigenvalue weighted by atomic mass is 10.00. The maximum Gasteiger partial charge on any atom is 0.336 e. The molecule has 0 bridgehead atoms. The number of benzene rings is 2. The second-order valence-corrected chi connectivity index (χ2v) is 5.57. The maximum absolute atomic E-state index is 12.2. The van der Waals surface area contributed by atoms with Crippen molar-refractivity contribution in [1.29, 1.82) is 0 Å². The molecule has 2 aromatic carbocycles. The summed E-state index contributed by atoms with van der Waals surface area (Å²) in [5.74, 6) is 2.33. The van der Waals surface area contributed by atoms with E-state index >= 15 is 0 Å². The summed E-state index contributed by atoms with van der Waals surface area (Å²) in [5.41, 5.74) is 1.17. The third-order valence-electron chi connectivity index (χ3n) is 4.23. The Morgan fingerprint density at radius 1 is 0.704 bits per heavy atom. The van der Waals surface area contributed by atoms with Crippen molar-refractivity contribution in [3.63, 3.8) is 0 Å². The van der Waals surface area contributed by atoms with E-state index in [1.807, 2.05) is 6.07 Å². The van der Waals surface area contributed by atoms with Gasteiger partial charge in [0.15, 0.2) is 23.0 Å². The van der Waals surface area contributed by atoms with Crippen LogP contribution in [-0.2, 0) is 0 Å². The predicted octanol–water partition coefficient (Wildman–Crippen LogP) is 3.50. The van der Waals surface area contributed by atoms with Gasteiger partial charge in [-0.3, -0.25) is 0 Å². The first-order valence-electron chi connectivity index (χ1n) is 8.07. The average molecular weight is 372 g/mol. The van der Waals surface area contributed by atoms with Gasteiger partial charge in [-0.05, 0) is 17.7 Å². The number of hydrogen-bond acceptors (Lipinski definition) is 7. The second-order valence-electron chi connectivity index (χ2n) is 5.57. The standard InChI is InChI=1S/C20H20O7/c1-22-13-7-6-11(8-14(13)23-2)12-9-17(21)27-15-10-16(24-3)19(25-4)20(26-5)18(12)15/h6-10H,1-5H3. The summed E-state index contributed by atoms with van der Waals surface area (Å²) in [5, 5.41) is 0.585. The quantitative estimate of drug-likeness (QED) is 0.613. The smallest absolute Gasteiger partial charge is 0.336 e. The van der Waals surface area contributed by atoms with Crippen molar-refractivity contribution in [2.24, 2.45) is 0 Å². The third kappa shape index (κ3) is 3.12. The van der Waals surface area contributed by atoms with Crippen molar-refractivity contribution in [3.05, 3.63) is 40.8 Å². The zero-order chi connectivity index (χ0) is 19.6. The monoisotopic (exact) mass is 372 g/mol. The lowest BCUT2D eigenvalue weighted by molar-refractivity contribution is 0.326. The topological polar surface area (TPSA) is 76.4 Å². The summed E-state index contributed by atoms with van der Waals surface area (Å²) in [6.07, 6.45) is 0. The van der Waals surface area contributed by atoms with Gasteiger partial charge in [-0.2, -0.15) is 0 Å². The fourth-order valence-electron chi connectivity index (χ4n) is 3.03. The zero-order valence-electron chi connectivity index (χ0n) is 15.7. The minimum absolute atomic E-state index is 0.321. The number of hydrogen-bond donors (Lipinski definition) is 0. The Hall–Kier alpha value is -3.35. The molecule has 0 aliphatic carbocycles. The van der Waals surface area contributed by atoms with Crippen LogP contribution in [0.15, 0.2) is 39.5 Å². The minimum Gasteiger partial charge on any atom is -0.493 e. The lowest BCUT2D eigenvalue weighted by Crippen LogP contribution is -2.02. The first kappa shape index (κ1) is 18.4. The summed E-state index contributed by atoms with van der Waals surface area (Å²) in [6, 6.07) is 8.37. The summed E-state index contributed by atoms with van der Waals surface area (Å²) in [7, 11) is 7.64. The minimum atomic E-state index is -0.499. The molecule has 1 aromatic heterocycles. The third-order valence-corrected chi connectivity index (χ3v) is 4.23. The van der Waals surface area contributed by atoms with E-state index in [9.17, 15) is 4.79 Å². The first-order valence-corrected chi connectivity index (χ1v) is 8.07. The number of rotatable bonds is 6. The molecule has 0 aliphatic rings. The molecule has 3 aromatic rings. The lowest BCUT2D eigenvalue weighted by Gasteiger charge is -2.16. The second kappa shape index (κ2) is 7.49. The Balaban J connectivity index is 2.41. The van der Waals surface area contributed by atoms with Crippen molar-refractivity contribution in [2.45, 2.75) is 0 Å². The predicted molar refractivity (Wildman–Crippen MR) is 101 cm³/mol. The van der Waals surface area contributed by atoms with Crippen LogP contribution in [0.3, 0.4) is 0 Å². The molecule has 0 saturated heterocycles. The van der Waals surface area contributed by atoms with Crippen LogP contribution in [0.4, 0.5) is 0 Å². The van der Waals surface area contributed by atoms with Crippen molar-refractivity contribution < 1.29 is 28.1 Å². The number of methoxy groups -OCH3 is 5. The van der Waals surface area contributed by atoms with Crippen LogP contribution in [0, 0.1) is 0 Å². The van der Waals surface area contributed by atoms with E-state index in [1.54, 1.807) is 32.4 Å². The molecule has 0 radical (unpaired) electrons. The van der Waals surface area contributed by atoms with Gasteiger partial charge in [-0.15, -0.1) is 0 Å². The van der Waals surface area contributed by atoms with Crippen LogP contribution < -0.4 is 29.3 Å². The molecule has 0 aliphatic heterocycles. The molecule has 0 atom stereocenters. The van der Waals surface area contributed by atoms with E-state index < -0.39 is 5.63 Å². The first-order chi connectivity index (χ1) is 13.1. The zero-order valence-corrected chi connectivity index (χ0v) is 15.7. The fourth-order valence-corrected chi connectivity index (χ4v) is 3.03. The molecular formula is C20H20O7. The Morgan fingerprint density at radius 3 is 1.96 bits per heavy atom. The molecule has 7 nitrogen and oxygen atoms in total. The molecule has 0 amide bonds. The van der Waals surface area contributed by atoms with Crippen molar-refractivity contribution in [2.75, 3.05) is 35.5 Å². The molecule has 0 unspecified atom stereocenters. The van der Waals surface area contributed by atoms with Crippen molar-refractivity contribution >= 4 is 11.0 Å². The molecule has 3 rings (SSSR count).